The Hall–Kier alpha value is -3.18. The second kappa shape index (κ2) is 23.1. The molecule has 3 rings (SSSR count). The van der Waals surface area contributed by atoms with Gasteiger partial charge in [0.2, 0.25) is 5.79 Å². The number of hydrogen-bond acceptors (Lipinski definition) is 15. The highest BCUT2D eigenvalue weighted by Crippen LogP contribution is 2.47. The molecule has 2 fully saturated rings. The van der Waals surface area contributed by atoms with Crippen molar-refractivity contribution in [3.05, 3.63) is 36.5 Å². The summed E-state index contributed by atoms with van der Waals surface area (Å²) in [6.45, 7) is 8.80. The normalized spacial score (nSPS) is 32.0. The molecule has 0 amide bonds. The summed E-state index contributed by atoms with van der Waals surface area (Å²) in [5.41, 5.74) is -1.22. The Kier molecular flexibility index (Phi) is 19.4. The number of ether oxygens (including phenoxy) is 8. The van der Waals surface area contributed by atoms with E-state index >= 15 is 0 Å². The molecule has 3 heterocycles. The zero-order chi connectivity index (χ0) is 40.4. The number of hydrogen-bond donors (Lipinski definition) is 3. The van der Waals surface area contributed by atoms with Crippen molar-refractivity contribution in [1.82, 2.24) is 0 Å². The number of esters is 4. The van der Waals surface area contributed by atoms with Crippen LogP contribution in [0.1, 0.15) is 104 Å². The average molecular weight is 783 g/mol. The summed E-state index contributed by atoms with van der Waals surface area (Å²) in [4.78, 5) is 51.4. The van der Waals surface area contributed by atoms with Crippen LogP contribution in [0.5, 0.6) is 0 Å². The number of aliphatic hydroxyl groups excluding tert-OH is 2. The molecular formula is C40H62O15. The van der Waals surface area contributed by atoms with Gasteiger partial charge >= 0.3 is 23.9 Å². The van der Waals surface area contributed by atoms with Crippen LogP contribution in [0.2, 0.25) is 0 Å². The minimum absolute atomic E-state index is 0.0516. The molecule has 0 aromatic carbocycles. The summed E-state index contributed by atoms with van der Waals surface area (Å²) in [5.74, 6) is -4.94. The molecular weight excluding hydrogens is 720 g/mol. The molecule has 2 saturated heterocycles. The number of carbonyl (C=O) groups is 4. The third-order valence-electron chi connectivity index (χ3n) is 9.88. The van der Waals surface area contributed by atoms with Crippen molar-refractivity contribution in [3.8, 4) is 0 Å². The first kappa shape index (κ1) is 46.2. The molecule has 0 saturated carbocycles. The fraction of sp³-hybridized carbons (Fsp3) is 0.750. The Morgan fingerprint density at radius 1 is 1.00 bits per heavy atom. The lowest BCUT2D eigenvalue weighted by Crippen LogP contribution is -2.62. The molecule has 8 atom stereocenters. The molecule has 0 aromatic heterocycles. The molecule has 3 aliphatic rings. The van der Waals surface area contributed by atoms with E-state index < -0.39 is 84.6 Å². The van der Waals surface area contributed by atoms with Gasteiger partial charge in [0.25, 0.3) is 0 Å². The quantitative estimate of drug-likeness (QED) is 0.0798. The zero-order valence-electron chi connectivity index (χ0n) is 32.8. The van der Waals surface area contributed by atoms with Crippen LogP contribution in [0.3, 0.4) is 0 Å². The van der Waals surface area contributed by atoms with Gasteiger partial charge in [-0.05, 0) is 37.3 Å². The standard InChI is InChI=1S/C40H62O15/c1-6-8-9-10-11-12-33(43)54-38-27(21-34(44)48-5)20-31-24-32(26-41)51-36(46)22-28(42)14-18-49-19-15-29-23-30(25-35(45)50-17-7-2)53-37(52-29)13-16-39(3,4)40(38,47)55-31/h7,13,16,21,28-32,37-38,41-42,47H,2,6,8-12,14-15,17-20,22-26H2,1,3-5H3/b16-13+,27-21+/t28-,29-,30-,31+,32?,37-,38+,40-/m1/s1. The molecule has 1 unspecified atom stereocenters. The molecule has 312 valence electrons. The summed E-state index contributed by atoms with van der Waals surface area (Å²) in [6, 6.07) is 0. The Morgan fingerprint density at radius 2 is 1.73 bits per heavy atom. The van der Waals surface area contributed by atoms with Gasteiger partial charge in [-0.3, -0.25) is 14.4 Å². The number of fused-ring (bicyclic) bond motifs is 4. The zero-order valence-corrected chi connectivity index (χ0v) is 32.8. The molecule has 0 aliphatic carbocycles. The topological polar surface area (TPSA) is 203 Å². The fourth-order valence-electron chi connectivity index (χ4n) is 6.74. The van der Waals surface area contributed by atoms with E-state index in [0.29, 0.717) is 19.3 Å². The maximum absolute atomic E-state index is 13.3. The SMILES string of the molecule is C=CCOC(=O)C[C@H]1C[C@H]2CCOCC[C@@H](O)CC(=O)OC(CO)C[C@@H]3C/C(=C\C(=O)OC)[C@H](OC(=O)CCCCCCC)[C@@](O)(O3)C(C)(C)/C=C/[C@H](O2)O1. The smallest absolute Gasteiger partial charge is 0.330 e. The van der Waals surface area contributed by atoms with Crippen molar-refractivity contribution in [1.29, 1.82) is 0 Å². The first-order valence-electron chi connectivity index (χ1n) is 19.4. The van der Waals surface area contributed by atoms with Gasteiger partial charge in [0.1, 0.15) is 12.7 Å². The van der Waals surface area contributed by atoms with Gasteiger partial charge in [-0.15, -0.1) is 0 Å². The van der Waals surface area contributed by atoms with E-state index in [4.69, 9.17) is 37.9 Å². The number of methoxy groups -OCH3 is 1. The van der Waals surface area contributed by atoms with Crippen molar-refractivity contribution in [2.75, 3.05) is 33.5 Å². The van der Waals surface area contributed by atoms with Gasteiger partial charge in [-0.25, -0.2) is 4.79 Å². The van der Waals surface area contributed by atoms with Crippen LogP contribution in [0.4, 0.5) is 0 Å². The van der Waals surface area contributed by atoms with Crippen molar-refractivity contribution >= 4 is 23.9 Å². The lowest BCUT2D eigenvalue weighted by atomic mass is 9.74. The van der Waals surface area contributed by atoms with Crippen molar-refractivity contribution in [2.45, 2.75) is 153 Å². The highest BCUT2D eigenvalue weighted by atomic mass is 16.7. The highest BCUT2D eigenvalue weighted by Gasteiger charge is 2.57. The van der Waals surface area contributed by atoms with E-state index in [2.05, 4.69) is 13.5 Å². The molecule has 15 nitrogen and oxygen atoms in total. The lowest BCUT2D eigenvalue weighted by Gasteiger charge is -2.51. The van der Waals surface area contributed by atoms with E-state index in [1.54, 1.807) is 26.0 Å². The largest absolute Gasteiger partial charge is 0.466 e. The molecule has 0 aromatic rings. The van der Waals surface area contributed by atoms with Crippen molar-refractivity contribution in [2.24, 2.45) is 5.41 Å². The Morgan fingerprint density at radius 3 is 2.44 bits per heavy atom. The minimum Gasteiger partial charge on any atom is -0.466 e. The molecule has 3 aliphatic heterocycles. The predicted octanol–water partition coefficient (Wildman–Crippen LogP) is 3.89. The van der Waals surface area contributed by atoms with Crippen LogP contribution < -0.4 is 0 Å². The predicted molar refractivity (Wildman–Crippen MR) is 197 cm³/mol. The van der Waals surface area contributed by atoms with Gasteiger partial charge in [-0.2, -0.15) is 0 Å². The van der Waals surface area contributed by atoms with Crippen LogP contribution >= 0.6 is 0 Å². The summed E-state index contributed by atoms with van der Waals surface area (Å²) in [7, 11) is 1.19. The number of unbranched alkanes of at least 4 members (excludes halogenated alkanes) is 4. The second-order valence-corrected chi connectivity index (χ2v) is 14.9. The Balaban J connectivity index is 2.04. The lowest BCUT2D eigenvalue weighted by molar-refractivity contribution is -0.327. The molecule has 0 spiro atoms. The number of cyclic esters (lactones) is 1. The van der Waals surface area contributed by atoms with Crippen molar-refractivity contribution < 1.29 is 72.4 Å². The summed E-state index contributed by atoms with van der Waals surface area (Å²) in [5, 5.41) is 33.4. The van der Waals surface area contributed by atoms with E-state index in [-0.39, 0.29) is 63.9 Å². The third-order valence-corrected chi connectivity index (χ3v) is 9.88. The van der Waals surface area contributed by atoms with Crippen LogP contribution in [0.25, 0.3) is 0 Å². The van der Waals surface area contributed by atoms with E-state index in [9.17, 15) is 34.5 Å². The Bertz CT molecular complexity index is 1310. The second-order valence-electron chi connectivity index (χ2n) is 14.9. The number of aliphatic hydroxyl groups is 3. The summed E-state index contributed by atoms with van der Waals surface area (Å²) in [6.07, 6.45) is 3.96. The van der Waals surface area contributed by atoms with Crippen LogP contribution in [0.15, 0.2) is 36.5 Å². The number of rotatable bonds is 13. The maximum atomic E-state index is 13.3. The molecule has 3 N–H and O–H groups in total. The Labute approximate surface area is 324 Å². The monoisotopic (exact) mass is 782 g/mol. The first-order chi connectivity index (χ1) is 26.2. The van der Waals surface area contributed by atoms with Crippen LogP contribution in [-0.4, -0.2) is 121 Å². The summed E-state index contributed by atoms with van der Waals surface area (Å²) >= 11 is 0. The molecule has 15 heteroatoms. The molecule has 4 bridgehead atoms. The molecule has 0 radical (unpaired) electrons. The third kappa shape index (κ3) is 15.0. The van der Waals surface area contributed by atoms with Crippen LogP contribution in [-0.2, 0) is 57.1 Å². The fourth-order valence-corrected chi connectivity index (χ4v) is 6.74. The van der Waals surface area contributed by atoms with E-state index in [1.165, 1.54) is 13.2 Å². The van der Waals surface area contributed by atoms with Gasteiger partial charge in [0.05, 0.1) is 51.0 Å². The minimum atomic E-state index is -2.35. The van der Waals surface area contributed by atoms with Gasteiger partial charge in [0, 0.05) is 44.0 Å². The molecule has 55 heavy (non-hydrogen) atoms. The maximum Gasteiger partial charge on any atom is 0.330 e. The van der Waals surface area contributed by atoms with Gasteiger partial charge in [0.15, 0.2) is 12.4 Å². The van der Waals surface area contributed by atoms with Gasteiger partial charge in [-0.1, -0.05) is 65.2 Å². The van der Waals surface area contributed by atoms with Crippen LogP contribution in [0, 0.1) is 5.41 Å². The van der Waals surface area contributed by atoms with Gasteiger partial charge < -0.3 is 53.2 Å². The highest BCUT2D eigenvalue weighted by molar-refractivity contribution is 5.83. The average Bonchev–Trinajstić information content (AvgIpc) is 3.13. The summed E-state index contributed by atoms with van der Waals surface area (Å²) < 4.78 is 46.1. The first-order valence-corrected chi connectivity index (χ1v) is 19.4. The van der Waals surface area contributed by atoms with Crippen molar-refractivity contribution in [3.63, 3.8) is 0 Å². The van der Waals surface area contributed by atoms with E-state index in [0.717, 1.165) is 31.8 Å². The number of carbonyl (C=O) groups excluding carboxylic acids is 4. The van der Waals surface area contributed by atoms with E-state index in [1.807, 2.05) is 0 Å².